The maximum Gasteiger partial charge on any atom is 0.224 e. The molecule has 0 bridgehead atoms. The molecule has 0 atom stereocenters. The van der Waals surface area contributed by atoms with E-state index in [1.165, 1.54) is 12.1 Å². The van der Waals surface area contributed by atoms with E-state index in [0.29, 0.717) is 22.8 Å². The van der Waals surface area contributed by atoms with Crippen LogP contribution in [0, 0.1) is 23.8 Å². The highest BCUT2D eigenvalue weighted by Crippen LogP contribution is 2.45. The minimum atomic E-state index is -0.931. The topological polar surface area (TPSA) is 51.6 Å². The Morgan fingerprint density at radius 2 is 1.00 bits per heavy atom. The number of nitrogens with zero attached hydrogens (tertiary/aromatic N) is 4. The zero-order valence-corrected chi connectivity index (χ0v) is 17.4. The fourth-order valence-electron chi connectivity index (χ4n) is 4.53. The second kappa shape index (κ2) is 8.35. The Labute approximate surface area is 187 Å². The second-order valence-electron chi connectivity index (χ2n) is 8.05. The first-order valence-corrected chi connectivity index (χ1v) is 10.6. The van der Waals surface area contributed by atoms with E-state index in [9.17, 15) is 17.6 Å². The minimum absolute atomic E-state index is 0.104. The summed E-state index contributed by atoms with van der Waals surface area (Å²) in [5, 5.41) is 0. The van der Waals surface area contributed by atoms with E-state index >= 15 is 0 Å². The van der Waals surface area contributed by atoms with Crippen molar-refractivity contribution in [3.8, 4) is 22.5 Å². The molecule has 0 aromatic carbocycles. The molecule has 1 aliphatic rings. The Kier molecular flexibility index (Phi) is 5.36. The Morgan fingerprint density at radius 3 is 1.42 bits per heavy atom. The molecule has 0 spiro atoms. The van der Waals surface area contributed by atoms with E-state index in [1.807, 2.05) is 12.1 Å². The van der Waals surface area contributed by atoms with Gasteiger partial charge in [0.05, 0.1) is 39.3 Å². The van der Waals surface area contributed by atoms with Crippen LogP contribution < -0.4 is 0 Å². The van der Waals surface area contributed by atoms with Crippen LogP contribution in [0.4, 0.5) is 17.6 Å². The molecule has 0 N–H and O–H groups in total. The minimum Gasteiger partial charge on any atom is -0.252 e. The van der Waals surface area contributed by atoms with Gasteiger partial charge in [-0.1, -0.05) is 25.0 Å². The van der Waals surface area contributed by atoms with E-state index in [-0.39, 0.29) is 11.1 Å². The van der Waals surface area contributed by atoms with Gasteiger partial charge in [-0.2, -0.15) is 27.5 Å². The van der Waals surface area contributed by atoms with Gasteiger partial charge in [0.25, 0.3) is 0 Å². The first-order valence-electron chi connectivity index (χ1n) is 10.6. The Hall–Kier alpha value is -3.68. The quantitative estimate of drug-likeness (QED) is 0.282. The summed E-state index contributed by atoms with van der Waals surface area (Å²) >= 11 is 0. The first-order chi connectivity index (χ1) is 16.0. The van der Waals surface area contributed by atoms with Crippen LogP contribution in [-0.2, 0) is 5.41 Å². The maximum atomic E-state index is 14.3. The van der Waals surface area contributed by atoms with Crippen LogP contribution in [0.5, 0.6) is 0 Å². The molecule has 5 rings (SSSR count). The van der Waals surface area contributed by atoms with Crippen LogP contribution in [0.15, 0.2) is 60.7 Å². The third-order valence-corrected chi connectivity index (χ3v) is 6.12. The first kappa shape index (κ1) is 21.2. The van der Waals surface area contributed by atoms with Gasteiger partial charge in [-0.15, -0.1) is 0 Å². The molecule has 0 radical (unpaired) electrons. The van der Waals surface area contributed by atoms with Crippen molar-refractivity contribution in [2.75, 3.05) is 0 Å². The Balaban J connectivity index is 1.61. The lowest BCUT2D eigenvalue weighted by molar-refractivity contribution is 0.500. The predicted molar refractivity (Wildman–Crippen MR) is 114 cm³/mol. The van der Waals surface area contributed by atoms with Crippen LogP contribution >= 0.6 is 0 Å². The number of rotatable bonds is 4. The highest BCUT2D eigenvalue weighted by atomic mass is 19.1. The largest absolute Gasteiger partial charge is 0.252 e. The third kappa shape index (κ3) is 3.86. The molecule has 0 aliphatic heterocycles. The van der Waals surface area contributed by atoms with Crippen LogP contribution in [-0.4, -0.2) is 19.9 Å². The number of hydrogen-bond acceptors (Lipinski definition) is 4. The number of aromatic nitrogens is 4. The third-order valence-electron chi connectivity index (χ3n) is 6.12. The van der Waals surface area contributed by atoms with Gasteiger partial charge >= 0.3 is 0 Å². The summed E-state index contributed by atoms with van der Waals surface area (Å²) in [5.74, 6) is -3.66. The zero-order valence-electron chi connectivity index (χ0n) is 17.4. The molecule has 33 heavy (non-hydrogen) atoms. The molecule has 0 saturated heterocycles. The monoisotopic (exact) mass is 450 g/mol. The summed E-state index contributed by atoms with van der Waals surface area (Å²) in [6.45, 7) is 0. The van der Waals surface area contributed by atoms with Crippen molar-refractivity contribution in [3.05, 3.63) is 95.8 Å². The molecule has 4 nitrogen and oxygen atoms in total. The predicted octanol–water partition coefficient (Wildman–Crippen LogP) is 6.02. The van der Waals surface area contributed by atoms with Crippen LogP contribution in [0.2, 0.25) is 0 Å². The van der Waals surface area contributed by atoms with E-state index in [1.54, 1.807) is 24.3 Å². The molecule has 166 valence electrons. The lowest BCUT2D eigenvalue weighted by Gasteiger charge is -2.29. The van der Waals surface area contributed by atoms with Crippen molar-refractivity contribution in [3.63, 3.8) is 0 Å². The Morgan fingerprint density at radius 1 is 0.545 bits per heavy atom. The summed E-state index contributed by atoms with van der Waals surface area (Å²) in [5.41, 5.74) is 1.73. The van der Waals surface area contributed by atoms with Gasteiger partial charge in [0.2, 0.25) is 23.8 Å². The average molecular weight is 450 g/mol. The van der Waals surface area contributed by atoms with Gasteiger partial charge < -0.3 is 0 Å². The van der Waals surface area contributed by atoms with Crippen LogP contribution in [0.1, 0.15) is 37.1 Å². The number of pyridine rings is 4. The molecule has 1 fully saturated rings. The van der Waals surface area contributed by atoms with Crippen molar-refractivity contribution in [2.45, 2.75) is 31.1 Å². The molecule has 1 saturated carbocycles. The van der Waals surface area contributed by atoms with Gasteiger partial charge in [-0.25, -0.2) is 0 Å². The van der Waals surface area contributed by atoms with Crippen molar-refractivity contribution in [1.82, 2.24) is 19.9 Å². The fourth-order valence-corrected chi connectivity index (χ4v) is 4.53. The number of hydrogen-bond donors (Lipinski definition) is 0. The van der Waals surface area contributed by atoms with Gasteiger partial charge in [0.1, 0.15) is 0 Å². The number of halogens is 4. The van der Waals surface area contributed by atoms with Gasteiger partial charge in [0, 0.05) is 0 Å². The highest BCUT2D eigenvalue weighted by molar-refractivity contribution is 5.60. The van der Waals surface area contributed by atoms with Crippen molar-refractivity contribution in [2.24, 2.45) is 0 Å². The Bertz CT molecular complexity index is 1240. The SMILES string of the molecule is Fc1ccc(-c2cccc(C3(c4cccc(-c5ccc(F)nc5F)n4)CCCC3)n2)c(F)n1. The fraction of sp³-hybridized carbons (Fsp3) is 0.200. The molecule has 8 heteroatoms. The summed E-state index contributed by atoms with van der Waals surface area (Å²) in [7, 11) is 0. The van der Waals surface area contributed by atoms with Crippen molar-refractivity contribution >= 4 is 0 Å². The van der Waals surface area contributed by atoms with Crippen LogP contribution in [0.25, 0.3) is 22.5 Å². The van der Waals surface area contributed by atoms with Gasteiger partial charge in [0.15, 0.2) is 0 Å². The van der Waals surface area contributed by atoms with Crippen molar-refractivity contribution < 1.29 is 17.6 Å². The molecule has 4 aromatic rings. The molecule has 1 aliphatic carbocycles. The molecular formula is C25H18F4N4. The summed E-state index contributed by atoms with van der Waals surface area (Å²) < 4.78 is 55.1. The lowest BCUT2D eigenvalue weighted by Crippen LogP contribution is -2.27. The second-order valence-corrected chi connectivity index (χ2v) is 8.05. The van der Waals surface area contributed by atoms with Gasteiger partial charge in [-0.05, 0) is 61.4 Å². The average Bonchev–Trinajstić information content (AvgIpc) is 3.31. The van der Waals surface area contributed by atoms with Gasteiger partial charge in [-0.3, -0.25) is 9.97 Å². The summed E-state index contributed by atoms with van der Waals surface area (Å²) in [6, 6.07) is 15.4. The standard InChI is InChI=1S/C25H18F4N4/c26-21-11-9-15(23(28)32-21)17-5-3-7-19(30-17)25(13-1-2-14-25)20-8-4-6-18(31-20)16-10-12-22(27)33-24(16)29/h3-12H,1-2,13-14H2. The van der Waals surface area contributed by atoms with E-state index in [4.69, 9.17) is 9.97 Å². The van der Waals surface area contributed by atoms with E-state index < -0.39 is 29.2 Å². The molecule has 4 heterocycles. The van der Waals surface area contributed by atoms with Crippen LogP contribution in [0.3, 0.4) is 0 Å². The molecular weight excluding hydrogens is 432 g/mol. The molecule has 4 aromatic heterocycles. The zero-order chi connectivity index (χ0) is 23.0. The van der Waals surface area contributed by atoms with E-state index in [2.05, 4.69) is 9.97 Å². The molecule has 0 amide bonds. The van der Waals surface area contributed by atoms with E-state index in [0.717, 1.165) is 37.8 Å². The molecule has 0 unspecified atom stereocenters. The summed E-state index contributed by atoms with van der Waals surface area (Å²) in [6.07, 6.45) is 3.40. The normalized spacial score (nSPS) is 15.0. The van der Waals surface area contributed by atoms with Crippen molar-refractivity contribution in [1.29, 1.82) is 0 Å². The highest BCUT2D eigenvalue weighted by Gasteiger charge is 2.40. The lowest BCUT2D eigenvalue weighted by atomic mass is 9.78. The maximum absolute atomic E-state index is 14.3. The smallest absolute Gasteiger partial charge is 0.224 e. The summed E-state index contributed by atoms with van der Waals surface area (Å²) in [4.78, 5) is 16.0.